The molecule has 3 aromatic heterocycles. The lowest BCUT2D eigenvalue weighted by Crippen LogP contribution is -2.46. The molecular weight excluding hydrogens is 424 g/mol. The van der Waals surface area contributed by atoms with Crippen LogP contribution < -0.4 is 5.32 Å². The number of aromatic amines is 1. The third-order valence-corrected chi connectivity index (χ3v) is 6.90. The Morgan fingerprint density at radius 3 is 2.56 bits per heavy atom. The van der Waals surface area contributed by atoms with Crippen molar-refractivity contribution in [1.82, 2.24) is 30.1 Å². The van der Waals surface area contributed by atoms with Gasteiger partial charge >= 0.3 is 0 Å². The fourth-order valence-corrected chi connectivity index (χ4v) is 5.06. The van der Waals surface area contributed by atoms with Crippen LogP contribution in [0.3, 0.4) is 0 Å². The topological polar surface area (TPSA) is 80.1 Å². The van der Waals surface area contributed by atoms with E-state index >= 15 is 0 Å². The third kappa shape index (κ3) is 4.26. The van der Waals surface area contributed by atoms with Gasteiger partial charge in [0.1, 0.15) is 6.33 Å². The van der Waals surface area contributed by atoms with E-state index in [9.17, 15) is 0 Å². The standard InChI is InChI=1S/C27H34N6O/c1-17(2)23-24(31-32-25(23)20-14-18(3)26-28-16-29-33(26)15-20)19-6-8-21(9-7-19)27(4,5)30-22-10-12-34-13-11-22/h6-9,14-17,22,30H,10-13H2,1-5H3,(H,31,32). The second-order valence-corrected chi connectivity index (χ2v) is 10.2. The van der Waals surface area contributed by atoms with Crippen LogP contribution in [0.2, 0.25) is 0 Å². The number of nitrogens with one attached hydrogen (secondary N) is 2. The first-order chi connectivity index (χ1) is 16.3. The molecule has 0 unspecified atom stereocenters. The van der Waals surface area contributed by atoms with E-state index in [1.54, 1.807) is 6.33 Å². The van der Waals surface area contributed by atoms with Gasteiger partial charge in [0.15, 0.2) is 5.65 Å². The smallest absolute Gasteiger partial charge is 0.158 e. The van der Waals surface area contributed by atoms with Crippen molar-refractivity contribution in [2.75, 3.05) is 13.2 Å². The van der Waals surface area contributed by atoms with E-state index < -0.39 is 0 Å². The number of nitrogens with zero attached hydrogens (tertiary/aromatic N) is 4. The molecule has 34 heavy (non-hydrogen) atoms. The molecular formula is C27H34N6O. The molecule has 1 aromatic carbocycles. The zero-order chi connectivity index (χ0) is 23.9. The lowest BCUT2D eigenvalue weighted by atomic mass is 9.89. The van der Waals surface area contributed by atoms with E-state index in [0.29, 0.717) is 12.0 Å². The summed E-state index contributed by atoms with van der Waals surface area (Å²) in [6, 6.07) is 11.5. The number of aromatic nitrogens is 5. The van der Waals surface area contributed by atoms with E-state index in [0.717, 1.165) is 59.8 Å². The molecule has 178 valence electrons. The Bertz CT molecular complexity index is 1280. The minimum Gasteiger partial charge on any atom is -0.381 e. The molecule has 1 saturated heterocycles. The van der Waals surface area contributed by atoms with Gasteiger partial charge in [-0.15, -0.1) is 0 Å². The second kappa shape index (κ2) is 8.96. The zero-order valence-electron chi connectivity index (χ0n) is 20.7. The van der Waals surface area contributed by atoms with Gasteiger partial charge in [0, 0.05) is 47.7 Å². The molecule has 0 amide bonds. The Morgan fingerprint density at radius 2 is 1.85 bits per heavy atom. The number of benzene rings is 1. The maximum absolute atomic E-state index is 5.51. The van der Waals surface area contributed by atoms with Crippen molar-refractivity contribution in [3.8, 4) is 22.5 Å². The fraction of sp³-hybridized carbons (Fsp3) is 0.444. The number of fused-ring (bicyclic) bond motifs is 1. The van der Waals surface area contributed by atoms with Crippen molar-refractivity contribution >= 4 is 5.65 Å². The normalized spacial score (nSPS) is 15.5. The highest BCUT2D eigenvalue weighted by atomic mass is 16.5. The third-order valence-electron chi connectivity index (χ3n) is 6.90. The van der Waals surface area contributed by atoms with Crippen molar-refractivity contribution < 1.29 is 4.74 Å². The molecule has 0 bridgehead atoms. The number of hydrogen-bond donors (Lipinski definition) is 2. The van der Waals surface area contributed by atoms with Crippen LogP contribution in [0.1, 0.15) is 63.1 Å². The van der Waals surface area contributed by atoms with E-state index in [1.165, 1.54) is 11.1 Å². The Hall–Kier alpha value is -3.03. The molecule has 2 N–H and O–H groups in total. The quantitative estimate of drug-likeness (QED) is 0.414. The molecule has 4 heterocycles. The van der Waals surface area contributed by atoms with Crippen molar-refractivity contribution in [1.29, 1.82) is 0 Å². The minimum absolute atomic E-state index is 0.108. The summed E-state index contributed by atoms with van der Waals surface area (Å²) in [7, 11) is 0. The lowest BCUT2D eigenvalue weighted by Gasteiger charge is -2.34. The highest BCUT2D eigenvalue weighted by molar-refractivity contribution is 5.76. The number of pyridine rings is 1. The summed E-state index contributed by atoms with van der Waals surface area (Å²) in [6.45, 7) is 12.7. The number of rotatable bonds is 6. The van der Waals surface area contributed by atoms with Crippen molar-refractivity contribution in [3.05, 3.63) is 59.5 Å². The van der Waals surface area contributed by atoms with E-state index in [4.69, 9.17) is 9.84 Å². The largest absolute Gasteiger partial charge is 0.381 e. The van der Waals surface area contributed by atoms with Crippen LogP contribution in [-0.2, 0) is 10.3 Å². The molecule has 7 heteroatoms. The first-order valence-electron chi connectivity index (χ1n) is 12.2. The Labute approximate surface area is 201 Å². The molecule has 0 aliphatic carbocycles. The van der Waals surface area contributed by atoms with Gasteiger partial charge in [-0.1, -0.05) is 38.1 Å². The molecule has 1 aliphatic heterocycles. The van der Waals surface area contributed by atoms with Crippen LogP contribution in [-0.4, -0.2) is 44.1 Å². The predicted molar refractivity (Wildman–Crippen MR) is 135 cm³/mol. The molecule has 1 fully saturated rings. The van der Waals surface area contributed by atoms with Gasteiger partial charge < -0.3 is 10.1 Å². The van der Waals surface area contributed by atoms with Crippen LogP contribution in [0.5, 0.6) is 0 Å². The first-order valence-corrected chi connectivity index (χ1v) is 12.2. The summed E-state index contributed by atoms with van der Waals surface area (Å²) >= 11 is 0. The van der Waals surface area contributed by atoms with Crippen molar-refractivity contribution in [3.63, 3.8) is 0 Å². The molecule has 4 aromatic rings. The summed E-state index contributed by atoms with van der Waals surface area (Å²) in [5, 5.41) is 16.3. The average Bonchev–Trinajstić information content (AvgIpc) is 3.47. The fourth-order valence-electron chi connectivity index (χ4n) is 5.06. The average molecular weight is 459 g/mol. The van der Waals surface area contributed by atoms with Gasteiger partial charge in [-0.25, -0.2) is 9.50 Å². The summed E-state index contributed by atoms with van der Waals surface area (Å²) < 4.78 is 7.35. The maximum Gasteiger partial charge on any atom is 0.158 e. The van der Waals surface area contributed by atoms with Gasteiger partial charge in [0.2, 0.25) is 0 Å². The summed E-state index contributed by atoms with van der Waals surface area (Å²) in [5.41, 5.74) is 8.57. The van der Waals surface area contributed by atoms with Crippen molar-refractivity contribution in [2.45, 2.75) is 65.0 Å². The SMILES string of the molecule is Cc1cc(-c2[nH]nc(-c3ccc(C(C)(C)NC4CCOCC4)cc3)c2C(C)C)cn2ncnc12. The van der Waals surface area contributed by atoms with Gasteiger partial charge in [-0.3, -0.25) is 5.10 Å². The highest BCUT2D eigenvalue weighted by Gasteiger charge is 2.26. The Balaban J connectivity index is 1.46. The van der Waals surface area contributed by atoms with Crippen LogP contribution in [0.15, 0.2) is 42.9 Å². The molecule has 5 rings (SSSR count). The Morgan fingerprint density at radius 1 is 1.12 bits per heavy atom. The molecule has 0 atom stereocenters. The first kappa shape index (κ1) is 22.7. The molecule has 7 nitrogen and oxygen atoms in total. The van der Waals surface area contributed by atoms with Gasteiger partial charge in [-0.05, 0) is 56.7 Å². The van der Waals surface area contributed by atoms with Crippen LogP contribution in [0.25, 0.3) is 28.2 Å². The number of H-pyrrole nitrogens is 1. The summed E-state index contributed by atoms with van der Waals surface area (Å²) in [5.74, 6) is 0.307. The number of ether oxygens (including phenoxy) is 1. The predicted octanol–water partition coefficient (Wildman–Crippen LogP) is 5.22. The summed E-state index contributed by atoms with van der Waals surface area (Å²) in [4.78, 5) is 4.34. The van der Waals surface area contributed by atoms with E-state index in [-0.39, 0.29) is 5.54 Å². The van der Waals surface area contributed by atoms with Gasteiger partial charge in [0.05, 0.1) is 11.4 Å². The zero-order valence-corrected chi connectivity index (χ0v) is 20.7. The summed E-state index contributed by atoms with van der Waals surface area (Å²) in [6.07, 6.45) is 5.74. The van der Waals surface area contributed by atoms with Gasteiger partial charge in [0.25, 0.3) is 0 Å². The molecule has 0 saturated carbocycles. The number of hydrogen-bond acceptors (Lipinski definition) is 5. The van der Waals surface area contributed by atoms with Crippen LogP contribution in [0.4, 0.5) is 0 Å². The van der Waals surface area contributed by atoms with E-state index in [2.05, 4.69) is 85.4 Å². The minimum atomic E-state index is -0.108. The second-order valence-electron chi connectivity index (χ2n) is 10.2. The molecule has 0 radical (unpaired) electrons. The van der Waals surface area contributed by atoms with Crippen LogP contribution >= 0.6 is 0 Å². The highest BCUT2D eigenvalue weighted by Crippen LogP contribution is 2.36. The lowest BCUT2D eigenvalue weighted by molar-refractivity contribution is 0.0700. The van der Waals surface area contributed by atoms with Crippen molar-refractivity contribution in [2.24, 2.45) is 0 Å². The maximum atomic E-state index is 5.51. The monoisotopic (exact) mass is 458 g/mol. The Kier molecular flexibility index (Phi) is 6.00. The van der Waals surface area contributed by atoms with Crippen LogP contribution in [0, 0.1) is 6.92 Å². The number of aryl methyl sites for hydroxylation is 1. The molecule has 1 aliphatic rings. The molecule has 0 spiro atoms. The van der Waals surface area contributed by atoms with E-state index in [1.807, 2.05) is 10.7 Å². The van der Waals surface area contributed by atoms with Gasteiger partial charge in [-0.2, -0.15) is 10.2 Å².